The number of likely N-dealkylation sites (tertiary alicyclic amines) is 1. The van der Waals surface area contributed by atoms with Gasteiger partial charge in [0.05, 0.1) is 44.7 Å². The van der Waals surface area contributed by atoms with Gasteiger partial charge in [-0.3, -0.25) is 4.90 Å². The first-order chi connectivity index (χ1) is 11.6. The molecule has 7 nitrogen and oxygen atoms in total. The quantitative estimate of drug-likeness (QED) is 0.687. The highest BCUT2D eigenvalue weighted by Crippen LogP contribution is 2.32. The molecule has 0 aromatic rings. The first-order valence-electron chi connectivity index (χ1n) is 9.16. The molecule has 3 rings (SSSR count). The Labute approximate surface area is 144 Å². The summed E-state index contributed by atoms with van der Waals surface area (Å²) in [4.78, 5) is 18.2. The summed E-state index contributed by atoms with van der Waals surface area (Å²) in [5.41, 5.74) is 0. The molecule has 0 spiro atoms. The van der Waals surface area contributed by atoms with Crippen molar-refractivity contribution in [3.63, 3.8) is 0 Å². The van der Waals surface area contributed by atoms with Crippen LogP contribution in [-0.4, -0.2) is 106 Å². The number of fused-ring (bicyclic) bond motifs is 1. The zero-order valence-corrected chi connectivity index (χ0v) is 15.0. The predicted octanol–water partition coefficient (Wildman–Crippen LogP) is 0.639. The molecule has 3 aliphatic heterocycles. The number of morpholine rings is 1. The van der Waals surface area contributed by atoms with Gasteiger partial charge in [-0.15, -0.1) is 0 Å². The van der Waals surface area contributed by atoms with Crippen LogP contribution in [-0.2, 0) is 14.2 Å². The maximum absolute atomic E-state index is 12.2. The number of carbonyl (C=O) groups excluding carboxylic acids is 1. The fourth-order valence-corrected chi connectivity index (χ4v) is 3.85. The number of carbonyl (C=O) groups is 1. The minimum absolute atomic E-state index is 0.103. The van der Waals surface area contributed by atoms with E-state index in [9.17, 15) is 4.79 Å². The lowest BCUT2D eigenvalue weighted by Crippen LogP contribution is -2.48. The second-order valence-corrected chi connectivity index (χ2v) is 7.13. The van der Waals surface area contributed by atoms with Gasteiger partial charge in [0.1, 0.15) is 0 Å². The summed E-state index contributed by atoms with van der Waals surface area (Å²) < 4.78 is 17.4. The molecule has 0 aromatic heterocycles. The second kappa shape index (κ2) is 8.47. The van der Waals surface area contributed by atoms with Crippen LogP contribution in [0.3, 0.4) is 0 Å². The van der Waals surface area contributed by atoms with Gasteiger partial charge >= 0.3 is 6.03 Å². The highest BCUT2D eigenvalue weighted by molar-refractivity contribution is 5.74. The van der Waals surface area contributed by atoms with E-state index < -0.39 is 0 Å². The third-order valence-electron chi connectivity index (χ3n) is 5.22. The van der Waals surface area contributed by atoms with Crippen molar-refractivity contribution < 1.29 is 19.0 Å². The van der Waals surface area contributed by atoms with Crippen molar-refractivity contribution in [1.29, 1.82) is 0 Å². The van der Waals surface area contributed by atoms with E-state index >= 15 is 0 Å². The van der Waals surface area contributed by atoms with E-state index in [0.29, 0.717) is 6.61 Å². The molecule has 0 unspecified atom stereocenters. The van der Waals surface area contributed by atoms with Gasteiger partial charge in [-0.2, -0.15) is 0 Å². The van der Waals surface area contributed by atoms with Crippen LogP contribution < -0.4 is 0 Å². The van der Waals surface area contributed by atoms with E-state index in [-0.39, 0.29) is 24.3 Å². The molecule has 3 aliphatic rings. The lowest BCUT2D eigenvalue weighted by atomic mass is 9.99. The first-order valence-corrected chi connectivity index (χ1v) is 9.16. The monoisotopic (exact) mass is 341 g/mol. The van der Waals surface area contributed by atoms with Crippen LogP contribution in [0.25, 0.3) is 0 Å². The second-order valence-electron chi connectivity index (χ2n) is 7.13. The van der Waals surface area contributed by atoms with E-state index in [0.717, 1.165) is 65.3 Å². The highest BCUT2D eigenvalue weighted by atomic mass is 16.5. The van der Waals surface area contributed by atoms with Crippen LogP contribution in [0.4, 0.5) is 4.79 Å². The van der Waals surface area contributed by atoms with Gasteiger partial charge in [-0.1, -0.05) is 0 Å². The molecule has 0 N–H and O–H groups in total. The minimum Gasteiger partial charge on any atom is -0.379 e. The number of amides is 2. The number of nitrogens with zero attached hydrogens (tertiary/aromatic N) is 3. The molecule has 3 saturated heterocycles. The molecular formula is C17H31N3O4. The number of hydrogen-bond acceptors (Lipinski definition) is 5. The Morgan fingerprint density at radius 2 is 1.96 bits per heavy atom. The standard InChI is InChI=1S/C17H31N3O4/c1-18(2)17(21)20-6-5-16-15(20)4-3-14(24-16)13-23-12-9-19-7-10-22-11-8-19/h14-16H,3-13H2,1-2H3/t14-,15+,16+/m1/s1. The summed E-state index contributed by atoms with van der Waals surface area (Å²) in [6, 6.07) is 0.343. The van der Waals surface area contributed by atoms with E-state index in [1.165, 1.54) is 0 Å². The molecule has 0 aromatic carbocycles. The van der Waals surface area contributed by atoms with E-state index in [4.69, 9.17) is 14.2 Å². The van der Waals surface area contributed by atoms with E-state index in [1.54, 1.807) is 4.90 Å². The van der Waals surface area contributed by atoms with Gasteiger partial charge in [-0.05, 0) is 19.3 Å². The summed E-state index contributed by atoms with van der Waals surface area (Å²) in [5.74, 6) is 0. The van der Waals surface area contributed by atoms with Gasteiger partial charge < -0.3 is 24.0 Å². The fraction of sp³-hybridized carbons (Fsp3) is 0.941. The number of urea groups is 1. The van der Waals surface area contributed by atoms with E-state index in [2.05, 4.69) is 4.90 Å². The van der Waals surface area contributed by atoms with Crippen LogP contribution >= 0.6 is 0 Å². The Hall–Kier alpha value is -0.890. The molecule has 7 heteroatoms. The molecule has 138 valence electrons. The van der Waals surface area contributed by atoms with Gasteiger partial charge in [0.2, 0.25) is 0 Å². The van der Waals surface area contributed by atoms with Crippen molar-refractivity contribution >= 4 is 6.03 Å². The fourth-order valence-electron chi connectivity index (χ4n) is 3.85. The van der Waals surface area contributed by atoms with Crippen molar-refractivity contribution in [2.45, 2.75) is 37.5 Å². The van der Waals surface area contributed by atoms with Crippen molar-refractivity contribution in [3.8, 4) is 0 Å². The number of rotatable bonds is 5. The van der Waals surface area contributed by atoms with Gasteiger partial charge in [-0.25, -0.2) is 4.79 Å². The maximum Gasteiger partial charge on any atom is 0.319 e. The third kappa shape index (κ3) is 4.39. The van der Waals surface area contributed by atoms with Gasteiger partial charge in [0.15, 0.2) is 0 Å². The zero-order valence-electron chi connectivity index (χ0n) is 15.0. The highest BCUT2D eigenvalue weighted by Gasteiger charge is 2.42. The van der Waals surface area contributed by atoms with Gasteiger partial charge in [0, 0.05) is 40.3 Å². The molecule has 3 fully saturated rings. The van der Waals surface area contributed by atoms with Crippen molar-refractivity contribution in [2.75, 3.05) is 66.7 Å². The Morgan fingerprint density at radius 1 is 1.17 bits per heavy atom. The third-order valence-corrected chi connectivity index (χ3v) is 5.22. The lowest BCUT2D eigenvalue weighted by Gasteiger charge is -2.36. The number of ether oxygens (including phenoxy) is 3. The average Bonchev–Trinajstić information content (AvgIpc) is 3.02. The van der Waals surface area contributed by atoms with Gasteiger partial charge in [0.25, 0.3) is 0 Å². The molecule has 3 atom stereocenters. The molecule has 0 aliphatic carbocycles. The molecule has 0 saturated carbocycles. The van der Waals surface area contributed by atoms with Crippen LogP contribution in [0.15, 0.2) is 0 Å². The number of hydrogen-bond donors (Lipinski definition) is 0. The molecule has 3 heterocycles. The van der Waals surface area contributed by atoms with Crippen molar-refractivity contribution in [1.82, 2.24) is 14.7 Å². The first kappa shape index (κ1) is 17.9. The molecule has 0 bridgehead atoms. The largest absolute Gasteiger partial charge is 0.379 e. The molecule has 0 radical (unpaired) electrons. The van der Waals surface area contributed by atoms with Crippen LogP contribution in [0.1, 0.15) is 19.3 Å². The van der Waals surface area contributed by atoms with Crippen LogP contribution in [0, 0.1) is 0 Å². The normalized spacial score (nSPS) is 31.1. The average molecular weight is 341 g/mol. The van der Waals surface area contributed by atoms with E-state index in [1.807, 2.05) is 19.0 Å². The van der Waals surface area contributed by atoms with Crippen LogP contribution in [0.2, 0.25) is 0 Å². The zero-order chi connectivity index (χ0) is 16.9. The Balaban J connectivity index is 1.35. The molecule has 24 heavy (non-hydrogen) atoms. The summed E-state index contributed by atoms with van der Waals surface area (Å²) in [5, 5.41) is 0. The summed E-state index contributed by atoms with van der Waals surface area (Å²) in [7, 11) is 3.62. The maximum atomic E-state index is 12.2. The lowest BCUT2D eigenvalue weighted by molar-refractivity contribution is -0.0983. The SMILES string of the molecule is CN(C)C(=O)N1CC[C@@H]2O[C@@H](COCCN3CCOCC3)CC[C@@H]21. The summed E-state index contributed by atoms with van der Waals surface area (Å²) in [6.45, 7) is 6.85. The predicted molar refractivity (Wildman–Crippen MR) is 90.2 cm³/mol. The van der Waals surface area contributed by atoms with Crippen molar-refractivity contribution in [2.24, 2.45) is 0 Å². The Bertz CT molecular complexity index is 415. The topological polar surface area (TPSA) is 54.5 Å². The molecule has 2 amide bonds. The minimum atomic E-state index is 0.103. The Kier molecular flexibility index (Phi) is 6.32. The van der Waals surface area contributed by atoms with Crippen molar-refractivity contribution in [3.05, 3.63) is 0 Å². The summed E-state index contributed by atoms with van der Waals surface area (Å²) >= 11 is 0. The summed E-state index contributed by atoms with van der Waals surface area (Å²) in [6.07, 6.45) is 3.27. The Morgan fingerprint density at radius 3 is 2.71 bits per heavy atom. The smallest absolute Gasteiger partial charge is 0.319 e. The van der Waals surface area contributed by atoms with Crippen LogP contribution in [0.5, 0.6) is 0 Å². The molecular weight excluding hydrogens is 310 g/mol.